The van der Waals surface area contributed by atoms with Crippen molar-refractivity contribution >= 4 is 39.3 Å². The number of aromatic nitrogens is 2. The number of rotatable bonds is 5. The lowest BCUT2D eigenvalue weighted by atomic mass is 9.96. The van der Waals surface area contributed by atoms with Crippen LogP contribution in [0, 0.1) is 23.0 Å². The number of hydrogen-bond donors (Lipinski definition) is 2. The van der Waals surface area contributed by atoms with E-state index in [1.54, 1.807) is 11.0 Å². The highest BCUT2D eigenvalue weighted by atomic mass is 32.1. The number of alkyl halides is 3. The highest BCUT2D eigenvalue weighted by Crippen LogP contribution is 2.40. The van der Waals surface area contributed by atoms with Gasteiger partial charge in [0.15, 0.2) is 10.9 Å². The molecule has 1 unspecified atom stereocenters. The van der Waals surface area contributed by atoms with Gasteiger partial charge in [-0.25, -0.2) is 13.8 Å². The van der Waals surface area contributed by atoms with E-state index in [-0.39, 0.29) is 30.8 Å². The minimum absolute atomic E-state index is 0.00473. The minimum Gasteiger partial charge on any atom is -0.367 e. The summed E-state index contributed by atoms with van der Waals surface area (Å²) < 4.78 is 73.2. The van der Waals surface area contributed by atoms with Gasteiger partial charge in [0.1, 0.15) is 22.5 Å². The molecule has 2 aliphatic heterocycles. The predicted molar refractivity (Wildman–Crippen MR) is 152 cm³/mol. The number of thiazole rings is 1. The maximum atomic E-state index is 16.4. The van der Waals surface area contributed by atoms with Gasteiger partial charge < -0.3 is 25.0 Å². The molecular formula is C28H26F5N7O2S. The first kappa shape index (κ1) is 30.2. The SMILES string of the molecule is CC1CN(c2cc(F)c(C3=CCN(c4ncc(C#N)s4)CC3)c(F)c2NC(=O)c2c[nH]c(=O)cc2C(F)(F)F)CCN1C. The Kier molecular flexibility index (Phi) is 8.26. The first-order valence-electron chi connectivity index (χ1n) is 13.3. The van der Waals surface area contributed by atoms with Gasteiger partial charge in [-0.3, -0.25) is 9.59 Å². The second-order valence-corrected chi connectivity index (χ2v) is 11.3. The second kappa shape index (κ2) is 11.8. The van der Waals surface area contributed by atoms with E-state index in [0.29, 0.717) is 48.0 Å². The predicted octanol–water partition coefficient (Wildman–Crippen LogP) is 4.69. The summed E-state index contributed by atoms with van der Waals surface area (Å²) in [6, 6.07) is 3.35. The number of nitrogens with one attached hydrogen (secondary N) is 2. The van der Waals surface area contributed by atoms with E-state index in [4.69, 9.17) is 5.26 Å². The lowest BCUT2D eigenvalue weighted by Gasteiger charge is -2.40. The van der Waals surface area contributed by atoms with E-state index >= 15 is 8.78 Å². The van der Waals surface area contributed by atoms with Gasteiger partial charge in [-0.2, -0.15) is 18.4 Å². The Labute approximate surface area is 246 Å². The Morgan fingerprint density at radius 2 is 1.98 bits per heavy atom. The van der Waals surface area contributed by atoms with E-state index < -0.39 is 51.7 Å². The molecule has 226 valence electrons. The first-order chi connectivity index (χ1) is 20.4. The summed E-state index contributed by atoms with van der Waals surface area (Å²) in [6.07, 6.45) is -1.16. The van der Waals surface area contributed by atoms with Crippen molar-refractivity contribution in [3.8, 4) is 6.07 Å². The number of anilines is 3. The second-order valence-electron chi connectivity index (χ2n) is 10.3. The molecule has 2 N–H and O–H groups in total. The van der Waals surface area contributed by atoms with Gasteiger partial charge in [0.2, 0.25) is 5.56 Å². The number of carbonyl (C=O) groups excluding carboxylic acids is 1. The van der Waals surface area contributed by atoms with E-state index in [1.807, 2.05) is 29.8 Å². The van der Waals surface area contributed by atoms with Crippen LogP contribution in [0.3, 0.4) is 0 Å². The number of nitrogens with zero attached hydrogens (tertiary/aromatic N) is 5. The molecule has 5 rings (SSSR count). The van der Waals surface area contributed by atoms with Gasteiger partial charge in [0.05, 0.1) is 28.6 Å². The number of likely N-dealkylation sites (N-methyl/N-ethyl adjacent to an activating group) is 1. The van der Waals surface area contributed by atoms with Gasteiger partial charge in [-0.15, -0.1) is 0 Å². The van der Waals surface area contributed by atoms with Crippen LogP contribution in [0.2, 0.25) is 0 Å². The Morgan fingerprint density at radius 3 is 2.60 bits per heavy atom. The minimum atomic E-state index is -5.03. The van der Waals surface area contributed by atoms with Crippen LogP contribution in [-0.2, 0) is 6.18 Å². The maximum absolute atomic E-state index is 16.4. The molecule has 4 heterocycles. The molecule has 0 saturated carbocycles. The molecule has 1 amide bonds. The van der Waals surface area contributed by atoms with Crippen molar-refractivity contribution in [3.05, 3.63) is 74.2 Å². The van der Waals surface area contributed by atoms with E-state index in [0.717, 1.165) is 6.07 Å². The number of aromatic amines is 1. The Hall–Kier alpha value is -4.29. The number of hydrogen-bond acceptors (Lipinski definition) is 8. The van der Waals surface area contributed by atoms with Gasteiger partial charge >= 0.3 is 6.18 Å². The summed E-state index contributed by atoms with van der Waals surface area (Å²) >= 11 is 1.19. The smallest absolute Gasteiger partial charge is 0.367 e. The van der Waals surface area contributed by atoms with Crippen LogP contribution < -0.4 is 20.7 Å². The summed E-state index contributed by atoms with van der Waals surface area (Å²) in [5, 5.41) is 11.9. The summed E-state index contributed by atoms with van der Waals surface area (Å²) in [5.74, 6) is -3.31. The topological polar surface area (TPSA) is 108 Å². The van der Waals surface area contributed by atoms with Crippen LogP contribution in [-0.4, -0.2) is 66.6 Å². The molecule has 1 aromatic carbocycles. The zero-order valence-electron chi connectivity index (χ0n) is 23.1. The van der Waals surface area contributed by atoms with Gasteiger partial charge in [0.25, 0.3) is 5.91 Å². The van der Waals surface area contributed by atoms with Crippen molar-refractivity contribution < 1.29 is 26.7 Å². The van der Waals surface area contributed by atoms with Crippen LogP contribution >= 0.6 is 11.3 Å². The third kappa shape index (κ3) is 6.11. The number of amides is 1. The lowest BCUT2D eigenvalue weighted by Crippen LogP contribution is -2.50. The normalized spacial score (nSPS) is 17.9. The number of pyridine rings is 1. The lowest BCUT2D eigenvalue weighted by molar-refractivity contribution is -0.138. The molecule has 2 aliphatic rings. The summed E-state index contributed by atoms with van der Waals surface area (Å²) in [4.78, 5) is 37.1. The highest BCUT2D eigenvalue weighted by molar-refractivity contribution is 7.16. The van der Waals surface area contributed by atoms with Gasteiger partial charge in [-0.05, 0) is 26.0 Å². The number of benzene rings is 1. The highest BCUT2D eigenvalue weighted by Gasteiger charge is 2.37. The molecule has 0 spiro atoms. The van der Waals surface area contributed by atoms with Crippen molar-refractivity contribution in [2.24, 2.45) is 0 Å². The fourth-order valence-corrected chi connectivity index (χ4v) is 5.89. The van der Waals surface area contributed by atoms with Gasteiger partial charge in [-0.1, -0.05) is 17.4 Å². The standard InChI is InChI=1S/C28H26F5N7O2S/c1-15-14-40(8-7-38(15)2)21-10-20(29)23(16-3-5-39(6-4-16)27-36-12-17(11-34)43-27)24(30)25(21)37-26(42)18-13-35-22(41)9-19(18)28(31,32)33/h3,9-10,12-13,15H,4-8,14H2,1-2H3,(H,35,41)(H,37,42). The number of nitriles is 1. The number of H-pyrrole nitrogens is 1. The number of carbonyl (C=O) groups is 1. The molecule has 2 aromatic heterocycles. The fraction of sp³-hybridized carbons (Fsp3) is 0.357. The van der Waals surface area contributed by atoms with Crippen LogP contribution in [0.25, 0.3) is 5.57 Å². The molecular weight excluding hydrogens is 593 g/mol. The zero-order valence-corrected chi connectivity index (χ0v) is 23.9. The first-order valence-corrected chi connectivity index (χ1v) is 14.1. The molecule has 9 nitrogen and oxygen atoms in total. The Morgan fingerprint density at radius 1 is 1.21 bits per heavy atom. The van der Waals surface area contributed by atoms with E-state index in [2.05, 4.69) is 15.3 Å². The molecule has 0 bridgehead atoms. The van der Waals surface area contributed by atoms with E-state index in [1.165, 1.54) is 17.5 Å². The third-order valence-corrected chi connectivity index (χ3v) is 8.58. The van der Waals surface area contributed by atoms with Crippen LogP contribution in [0.5, 0.6) is 0 Å². The average Bonchev–Trinajstić information content (AvgIpc) is 3.45. The maximum Gasteiger partial charge on any atom is 0.417 e. The van der Waals surface area contributed by atoms with Crippen molar-refractivity contribution in [2.45, 2.75) is 25.6 Å². The summed E-state index contributed by atoms with van der Waals surface area (Å²) in [5.41, 5.74) is -4.00. The van der Waals surface area contributed by atoms with E-state index in [9.17, 15) is 22.8 Å². The Balaban J connectivity index is 1.55. The van der Waals surface area contributed by atoms with Crippen molar-refractivity contribution in [3.63, 3.8) is 0 Å². The monoisotopic (exact) mass is 619 g/mol. The van der Waals surface area contributed by atoms with Crippen LogP contribution in [0.15, 0.2) is 35.4 Å². The largest absolute Gasteiger partial charge is 0.417 e. The zero-order chi connectivity index (χ0) is 31.1. The summed E-state index contributed by atoms with van der Waals surface area (Å²) in [7, 11) is 1.90. The van der Waals surface area contributed by atoms with Crippen molar-refractivity contribution in [2.75, 3.05) is 54.9 Å². The molecule has 43 heavy (non-hydrogen) atoms. The van der Waals surface area contributed by atoms with Crippen molar-refractivity contribution in [1.82, 2.24) is 14.9 Å². The Bertz CT molecular complexity index is 1690. The molecule has 1 fully saturated rings. The molecule has 15 heteroatoms. The third-order valence-electron chi connectivity index (χ3n) is 7.62. The molecule has 1 atom stereocenters. The quantitative estimate of drug-likeness (QED) is 0.399. The van der Waals surface area contributed by atoms with Crippen LogP contribution in [0.4, 0.5) is 38.5 Å². The molecule has 0 aliphatic carbocycles. The number of halogens is 5. The fourth-order valence-electron chi connectivity index (χ4n) is 5.14. The summed E-state index contributed by atoms with van der Waals surface area (Å²) in [6.45, 7) is 3.75. The average molecular weight is 620 g/mol. The van der Waals surface area contributed by atoms with Gasteiger partial charge in [0, 0.05) is 57.1 Å². The van der Waals surface area contributed by atoms with Crippen molar-refractivity contribution in [1.29, 1.82) is 5.26 Å². The molecule has 3 aromatic rings. The molecule has 1 saturated heterocycles. The molecule has 0 radical (unpaired) electrons. The number of piperazine rings is 1. The van der Waals surface area contributed by atoms with Crippen LogP contribution in [0.1, 0.15) is 39.7 Å².